The summed E-state index contributed by atoms with van der Waals surface area (Å²) >= 11 is 0. The Bertz CT molecular complexity index is 1110. The zero-order valence-corrected chi connectivity index (χ0v) is 21.6. The molecule has 0 radical (unpaired) electrons. The average molecular weight is 521 g/mol. The Morgan fingerprint density at radius 3 is 1.47 bits per heavy atom. The summed E-state index contributed by atoms with van der Waals surface area (Å²) in [5, 5.41) is 25.1. The highest BCUT2D eigenvalue weighted by Gasteiger charge is 2.28. The Labute approximate surface area is 222 Å². The fraction of sp³-hybridized carbons (Fsp3) is 0.483. The van der Waals surface area contributed by atoms with Crippen LogP contribution in [0.3, 0.4) is 0 Å². The van der Waals surface area contributed by atoms with E-state index in [1.165, 1.54) is 0 Å². The van der Waals surface area contributed by atoms with Gasteiger partial charge in [-0.15, -0.1) is 0 Å². The number of hydrogen-bond acceptors (Lipinski definition) is 7. The van der Waals surface area contributed by atoms with Gasteiger partial charge in [-0.05, 0) is 61.1 Å². The van der Waals surface area contributed by atoms with Crippen molar-refractivity contribution in [3.8, 4) is 11.1 Å². The molecule has 202 valence electrons. The van der Waals surface area contributed by atoms with Gasteiger partial charge in [0.2, 0.25) is 11.8 Å². The molecule has 2 aromatic carbocycles. The molecule has 9 heteroatoms. The van der Waals surface area contributed by atoms with Gasteiger partial charge in [0.1, 0.15) is 0 Å². The number of nitrogens with one attached hydrogen (secondary N) is 2. The Hall–Kier alpha value is -3.11. The molecule has 2 amide bonds. The van der Waals surface area contributed by atoms with E-state index < -0.39 is 0 Å². The van der Waals surface area contributed by atoms with E-state index in [9.17, 15) is 24.6 Å². The number of nitrogens with zero attached hydrogens (tertiary/aromatic N) is 2. The average Bonchev–Trinajstić information content (AvgIpc) is 3.18. The summed E-state index contributed by atoms with van der Waals surface area (Å²) in [5.74, 6) is -0.338. The minimum absolute atomic E-state index is 0.107. The predicted octanol–water partition coefficient (Wildman–Crippen LogP) is 2.47. The number of aliphatic hydroxyl groups excluding tert-OH is 2. The number of hydrogen-bond donors (Lipinski definition) is 4. The van der Waals surface area contributed by atoms with Crippen LogP contribution in [0, 0.1) is 0 Å². The molecule has 2 fully saturated rings. The third kappa shape index (κ3) is 6.30. The molecular weight excluding hydrogens is 484 g/mol. The molecule has 38 heavy (non-hydrogen) atoms. The van der Waals surface area contributed by atoms with Crippen molar-refractivity contribution in [3.63, 3.8) is 0 Å². The zero-order valence-electron chi connectivity index (χ0n) is 21.6. The maximum Gasteiger partial charge on any atom is 0.225 e. The normalized spacial score (nSPS) is 18.7. The number of likely N-dealkylation sites (tertiary alicyclic amines) is 2. The number of anilines is 2. The fourth-order valence-corrected chi connectivity index (χ4v) is 5.49. The molecule has 2 aliphatic heterocycles. The summed E-state index contributed by atoms with van der Waals surface area (Å²) < 4.78 is 0. The van der Waals surface area contributed by atoms with Gasteiger partial charge in [0.25, 0.3) is 0 Å². The quantitative estimate of drug-likeness (QED) is 0.360. The van der Waals surface area contributed by atoms with Crippen LogP contribution in [0.5, 0.6) is 0 Å². The summed E-state index contributed by atoms with van der Waals surface area (Å²) in [5.41, 5.74) is 3.89. The second-order valence-electron chi connectivity index (χ2n) is 10.6. The lowest BCUT2D eigenvalue weighted by atomic mass is 10.0. The van der Waals surface area contributed by atoms with Crippen molar-refractivity contribution in [2.45, 2.75) is 50.7 Å². The van der Waals surface area contributed by atoms with Crippen molar-refractivity contribution < 1.29 is 24.6 Å². The van der Waals surface area contributed by atoms with E-state index in [1.54, 1.807) is 12.1 Å². The number of fused-ring (bicyclic) bond motifs is 3. The molecule has 0 saturated carbocycles. The number of rotatable bonds is 8. The van der Waals surface area contributed by atoms with Gasteiger partial charge in [0.05, 0.1) is 12.2 Å². The minimum Gasteiger partial charge on any atom is -0.393 e. The third-order valence-corrected chi connectivity index (χ3v) is 7.81. The molecule has 2 aromatic rings. The van der Waals surface area contributed by atoms with Gasteiger partial charge < -0.3 is 30.6 Å². The number of aliphatic hydroxyl groups is 2. The summed E-state index contributed by atoms with van der Waals surface area (Å²) in [4.78, 5) is 42.6. The number of amides is 2. The van der Waals surface area contributed by atoms with Gasteiger partial charge in [0, 0.05) is 74.6 Å². The van der Waals surface area contributed by atoms with E-state index in [2.05, 4.69) is 20.4 Å². The summed E-state index contributed by atoms with van der Waals surface area (Å²) in [7, 11) is 0. The molecule has 0 spiro atoms. The molecule has 2 heterocycles. The highest BCUT2D eigenvalue weighted by molar-refractivity contribution is 6.22. The van der Waals surface area contributed by atoms with Crippen LogP contribution in [0.25, 0.3) is 11.1 Å². The smallest absolute Gasteiger partial charge is 0.225 e. The number of piperidine rings is 2. The highest BCUT2D eigenvalue weighted by Crippen LogP contribution is 2.39. The maximum absolute atomic E-state index is 13.2. The van der Waals surface area contributed by atoms with Gasteiger partial charge in [0.15, 0.2) is 5.78 Å². The van der Waals surface area contributed by atoms with E-state index in [-0.39, 0.29) is 29.8 Å². The standard InChI is InChI=1S/C29H36N4O5/c34-21-5-11-32(12-6-21)15-9-27(36)30-19-1-3-23-24-4-2-20(18-26(24)29(38)25(23)17-19)31-28(37)10-16-33-13-7-22(35)8-14-33/h1-4,17-18,21-22,34-35H,5-16H2,(H,30,36)(H,31,37). The predicted molar refractivity (Wildman–Crippen MR) is 145 cm³/mol. The summed E-state index contributed by atoms with van der Waals surface area (Å²) in [6.07, 6.45) is 3.20. The molecule has 0 unspecified atom stereocenters. The molecular formula is C29H36N4O5. The molecule has 5 rings (SSSR count). The molecule has 3 aliphatic rings. The van der Waals surface area contributed by atoms with Gasteiger partial charge in [-0.3, -0.25) is 14.4 Å². The van der Waals surface area contributed by atoms with Gasteiger partial charge in [-0.1, -0.05) is 12.1 Å². The maximum atomic E-state index is 13.2. The van der Waals surface area contributed by atoms with Gasteiger partial charge in [-0.2, -0.15) is 0 Å². The van der Waals surface area contributed by atoms with Crippen molar-refractivity contribution in [1.82, 2.24) is 9.80 Å². The van der Waals surface area contributed by atoms with Crippen molar-refractivity contribution in [2.24, 2.45) is 0 Å². The van der Waals surface area contributed by atoms with Crippen LogP contribution in [-0.2, 0) is 9.59 Å². The van der Waals surface area contributed by atoms with E-state index >= 15 is 0 Å². The monoisotopic (exact) mass is 520 g/mol. The van der Waals surface area contributed by atoms with Crippen LogP contribution in [0.1, 0.15) is 54.4 Å². The van der Waals surface area contributed by atoms with Crippen molar-refractivity contribution in [3.05, 3.63) is 47.5 Å². The summed E-state index contributed by atoms with van der Waals surface area (Å²) in [6, 6.07) is 10.8. The van der Waals surface area contributed by atoms with E-state index in [1.807, 2.05) is 24.3 Å². The summed E-state index contributed by atoms with van der Waals surface area (Å²) in [6.45, 7) is 4.48. The SMILES string of the molecule is O=C(CCN1CCC(O)CC1)Nc1ccc2c(c1)C(=O)c1cc(NC(=O)CCN3CCC(O)CC3)ccc1-2. The Morgan fingerprint density at radius 2 is 1.08 bits per heavy atom. The number of carbonyl (C=O) groups is 3. The first kappa shape index (κ1) is 26.5. The van der Waals surface area contributed by atoms with Gasteiger partial charge >= 0.3 is 0 Å². The number of ketones is 1. The Kier molecular flexibility index (Phi) is 8.18. The second kappa shape index (κ2) is 11.7. The molecule has 0 atom stereocenters. The first-order chi connectivity index (χ1) is 18.4. The van der Waals surface area contributed by atoms with Gasteiger partial charge in [-0.25, -0.2) is 0 Å². The van der Waals surface area contributed by atoms with E-state index in [4.69, 9.17) is 0 Å². The van der Waals surface area contributed by atoms with Crippen LogP contribution in [-0.4, -0.2) is 89.1 Å². The van der Waals surface area contributed by atoms with Crippen LogP contribution in [0.2, 0.25) is 0 Å². The fourth-order valence-electron chi connectivity index (χ4n) is 5.49. The molecule has 4 N–H and O–H groups in total. The minimum atomic E-state index is -0.235. The highest BCUT2D eigenvalue weighted by atomic mass is 16.3. The van der Waals surface area contributed by atoms with Crippen LogP contribution < -0.4 is 10.6 Å². The molecule has 0 aromatic heterocycles. The van der Waals surface area contributed by atoms with Crippen LogP contribution in [0.15, 0.2) is 36.4 Å². The first-order valence-electron chi connectivity index (χ1n) is 13.6. The van der Waals surface area contributed by atoms with Crippen molar-refractivity contribution in [2.75, 3.05) is 49.9 Å². The molecule has 9 nitrogen and oxygen atoms in total. The largest absolute Gasteiger partial charge is 0.393 e. The Morgan fingerprint density at radius 1 is 0.684 bits per heavy atom. The van der Waals surface area contributed by atoms with Crippen molar-refractivity contribution >= 4 is 29.0 Å². The first-order valence-corrected chi connectivity index (χ1v) is 13.6. The number of carbonyl (C=O) groups excluding carboxylic acids is 3. The van der Waals surface area contributed by atoms with E-state index in [0.29, 0.717) is 48.4 Å². The van der Waals surface area contributed by atoms with Crippen LogP contribution in [0.4, 0.5) is 11.4 Å². The lowest BCUT2D eigenvalue weighted by Gasteiger charge is -2.29. The Balaban J connectivity index is 1.15. The molecule has 1 aliphatic carbocycles. The molecule has 0 bridgehead atoms. The van der Waals surface area contributed by atoms with E-state index in [0.717, 1.165) is 63.0 Å². The number of benzene rings is 2. The lowest BCUT2D eigenvalue weighted by molar-refractivity contribution is -0.117. The van der Waals surface area contributed by atoms with Crippen LogP contribution >= 0.6 is 0 Å². The topological polar surface area (TPSA) is 122 Å². The zero-order chi connectivity index (χ0) is 26.6. The third-order valence-electron chi connectivity index (χ3n) is 7.81. The second-order valence-corrected chi connectivity index (χ2v) is 10.6. The lowest BCUT2D eigenvalue weighted by Crippen LogP contribution is -2.37. The molecule has 2 saturated heterocycles. The van der Waals surface area contributed by atoms with Crippen molar-refractivity contribution in [1.29, 1.82) is 0 Å².